The summed E-state index contributed by atoms with van der Waals surface area (Å²) in [7, 11) is 0. The summed E-state index contributed by atoms with van der Waals surface area (Å²) in [4.78, 5) is 38.0. The minimum atomic E-state index is -0.867. The molecule has 392 valence electrons. The smallest absolute Gasteiger partial charge is 0.309 e. The van der Waals surface area contributed by atoms with E-state index in [-0.39, 0.29) is 32.0 Å². The number of rotatable bonds is 46. The summed E-state index contributed by atoms with van der Waals surface area (Å²) < 4.78 is 16.7. The molecule has 1 atom stereocenters. The molecule has 0 N–H and O–H groups in total. The Balaban J connectivity index is 4.65. The SMILES string of the molecule is CC/C=C\C/C=C\C/C=C\C/C=C\C/C=C\CCCCCCCC(=O)OCC(COC(=O)C/C=C\C/C=C\C/C=C\C/C=C\C/C=C\CC)OC(=O)CCC/C=C\C/C=C\C/C=C\C/C=C\C/C=C\CC. The van der Waals surface area contributed by atoms with Crippen molar-refractivity contribution in [2.75, 3.05) is 13.2 Å². The Hall–Kier alpha value is -5.49. The molecule has 0 aliphatic carbocycles. The number of carbonyl (C=O) groups excluding carboxylic acids is 3. The number of carbonyl (C=O) groups is 3. The van der Waals surface area contributed by atoms with Crippen molar-refractivity contribution in [1.82, 2.24) is 0 Å². The minimum Gasteiger partial charge on any atom is -0.462 e. The fraction of sp³-hybridized carbons (Fsp3) is 0.492. The van der Waals surface area contributed by atoms with Crippen LogP contribution in [0.5, 0.6) is 0 Å². The zero-order chi connectivity index (χ0) is 51.4. The van der Waals surface area contributed by atoms with Crippen LogP contribution in [-0.4, -0.2) is 37.2 Å². The van der Waals surface area contributed by atoms with E-state index in [0.29, 0.717) is 19.3 Å². The Bertz CT molecular complexity index is 1730. The lowest BCUT2D eigenvalue weighted by atomic mass is 10.1. The quantitative estimate of drug-likeness (QED) is 0.0262. The average molecular weight is 973 g/mol. The molecule has 0 fully saturated rings. The second kappa shape index (κ2) is 57.1. The van der Waals surface area contributed by atoms with Gasteiger partial charge in [-0.15, -0.1) is 0 Å². The number of hydrogen-bond acceptors (Lipinski definition) is 6. The molecule has 0 aromatic carbocycles. The van der Waals surface area contributed by atoms with E-state index in [0.717, 1.165) is 135 Å². The molecular weight excluding hydrogens is 877 g/mol. The van der Waals surface area contributed by atoms with E-state index < -0.39 is 18.0 Å². The molecule has 0 bridgehead atoms. The van der Waals surface area contributed by atoms with Gasteiger partial charge in [0.1, 0.15) is 13.2 Å². The van der Waals surface area contributed by atoms with Gasteiger partial charge in [-0.3, -0.25) is 14.4 Å². The van der Waals surface area contributed by atoms with Gasteiger partial charge in [0.25, 0.3) is 0 Å². The topological polar surface area (TPSA) is 78.9 Å². The number of ether oxygens (including phenoxy) is 3. The Morgan fingerprint density at radius 1 is 0.296 bits per heavy atom. The third-order valence-electron chi connectivity index (χ3n) is 10.4. The molecule has 6 heteroatoms. The van der Waals surface area contributed by atoms with Crippen LogP contribution in [-0.2, 0) is 28.6 Å². The Morgan fingerprint density at radius 3 is 0.958 bits per heavy atom. The third kappa shape index (κ3) is 55.3. The molecule has 0 radical (unpaired) electrons. The Kier molecular flexibility index (Phi) is 52.7. The fourth-order valence-electron chi connectivity index (χ4n) is 6.46. The highest BCUT2D eigenvalue weighted by molar-refractivity contribution is 5.72. The van der Waals surface area contributed by atoms with Gasteiger partial charge in [0, 0.05) is 12.8 Å². The zero-order valence-electron chi connectivity index (χ0n) is 44.6. The predicted octanol–water partition coefficient (Wildman–Crippen LogP) is 18.5. The molecule has 1 unspecified atom stereocenters. The number of esters is 3. The van der Waals surface area contributed by atoms with Crippen molar-refractivity contribution in [2.45, 2.75) is 194 Å². The lowest BCUT2D eigenvalue weighted by Crippen LogP contribution is -2.30. The molecule has 0 saturated carbocycles. The first kappa shape index (κ1) is 65.5. The summed E-state index contributed by atoms with van der Waals surface area (Å²) in [6.07, 6.45) is 86.2. The van der Waals surface area contributed by atoms with Gasteiger partial charge in [-0.25, -0.2) is 0 Å². The second-order valence-electron chi connectivity index (χ2n) is 17.0. The van der Waals surface area contributed by atoms with E-state index in [1.54, 1.807) is 6.08 Å². The summed E-state index contributed by atoms with van der Waals surface area (Å²) in [6, 6.07) is 0. The summed E-state index contributed by atoms with van der Waals surface area (Å²) in [6.45, 7) is 6.11. The van der Waals surface area contributed by atoms with Crippen molar-refractivity contribution in [3.05, 3.63) is 182 Å². The van der Waals surface area contributed by atoms with Crippen LogP contribution in [0.1, 0.15) is 188 Å². The maximum Gasteiger partial charge on any atom is 0.309 e. The van der Waals surface area contributed by atoms with Gasteiger partial charge in [0.05, 0.1) is 6.42 Å². The molecule has 0 aliphatic heterocycles. The van der Waals surface area contributed by atoms with Crippen molar-refractivity contribution in [2.24, 2.45) is 0 Å². The van der Waals surface area contributed by atoms with Crippen molar-refractivity contribution < 1.29 is 28.6 Å². The molecule has 0 amide bonds. The maximum absolute atomic E-state index is 12.8. The Labute approximate surface area is 434 Å². The summed E-state index contributed by atoms with van der Waals surface area (Å²) in [5, 5.41) is 0. The first-order valence-corrected chi connectivity index (χ1v) is 27.3. The van der Waals surface area contributed by atoms with Crippen LogP contribution < -0.4 is 0 Å². The monoisotopic (exact) mass is 973 g/mol. The minimum absolute atomic E-state index is 0.101. The molecule has 6 nitrogen and oxygen atoms in total. The second-order valence-corrected chi connectivity index (χ2v) is 17.0. The van der Waals surface area contributed by atoms with Crippen LogP contribution >= 0.6 is 0 Å². The highest BCUT2D eigenvalue weighted by atomic mass is 16.6. The Morgan fingerprint density at radius 2 is 0.577 bits per heavy atom. The molecule has 0 aliphatic rings. The van der Waals surface area contributed by atoms with Crippen LogP contribution in [0.25, 0.3) is 0 Å². The van der Waals surface area contributed by atoms with Crippen LogP contribution in [0.3, 0.4) is 0 Å². The molecule has 0 heterocycles. The normalized spacial score (nSPS) is 13.6. The van der Waals surface area contributed by atoms with Gasteiger partial charge in [-0.2, -0.15) is 0 Å². The summed E-state index contributed by atoms with van der Waals surface area (Å²) >= 11 is 0. The predicted molar refractivity (Wildman–Crippen MR) is 306 cm³/mol. The zero-order valence-corrected chi connectivity index (χ0v) is 44.6. The number of unbranched alkanes of at least 4 members (excludes halogenated alkanes) is 6. The van der Waals surface area contributed by atoms with E-state index in [2.05, 4.69) is 191 Å². The standard InChI is InChI=1S/C65H96O6/c1-4-7-10-13-16-19-22-25-28-30-31-32-33-35-37-40-43-46-49-52-55-58-64(67)70-61-62(60-69-63(66)57-54-51-48-45-42-39-36-27-24-21-18-15-12-9-6-3)71-65(68)59-56-53-50-47-44-41-38-34-29-26-23-20-17-14-11-8-5-2/h7-12,16-21,25-29,31-32,35-38,41-42,45,47,50-51,54,62H,4-6,13-15,22-24,30,33-34,39-40,43-44,46,48-49,52-53,55-61H2,1-3H3/b10-7-,11-8-,12-9-,19-16-,20-17-,21-18-,28-25-,29-26-,32-31-,36-27-,37-35-,41-38-,45-42-,50-47-,54-51-. The number of allylic oxidation sites excluding steroid dienone is 29. The van der Waals surface area contributed by atoms with Crippen molar-refractivity contribution in [1.29, 1.82) is 0 Å². The van der Waals surface area contributed by atoms with E-state index in [4.69, 9.17) is 14.2 Å². The lowest BCUT2D eigenvalue weighted by molar-refractivity contribution is -0.166. The van der Waals surface area contributed by atoms with Gasteiger partial charge < -0.3 is 14.2 Å². The van der Waals surface area contributed by atoms with E-state index in [1.165, 1.54) is 0 Å². The maximum atomic E-state index is 12.8. The largest absolute Gasteiger partial charge is 0.462 e. The van der Waals surface area contributed by atoms with Gasteiger partial charge in [0.15, 0.2) is 6.10 Å². The van der Waals surface area contributed by atoms with Crippen LogP contribution in [0.2, 0.25) is 0 Å². The van der Waals surface area contributed by atoms with E-state index >= 15 is 0 Å². The van der Waals surface area contributed by atoms with Crippen LogP contribution in [0.4, 0.5) is 0 Å². The lowest BCUT2D eigenvalue weighted by Gasteiger charge is -2.18. The average Bonchev–Trinajstić information content (AvgIpc) is 3.37. The van der Waals surface area contributed by atoms with Gasteiger partial charge in [-0.05, 0) is 128 Å². The highest BCUT2D eigenvalue weighted by Crippen LogP contribution is 2.11. The van der Waals surface area contributed by atoms with E-state index in [9.17, 15) is 14.4 Å². The van der Waals surface area contributed by atoms with Gasteiger partial charge >= 0.3 is 17.9 Å². The van der Waals surface area contributed by atoms with Gasteiger partial charge in [0.2, 0.25) is 0 Å². The molecule has 0 rings (SSSR count). The fourth-order valence-corrected chi connectivity index (χ4v) is 6.46. The van der Waals surface area contributed by atoms with Crippen LogP contribution in [0.15, 0.2) is 182 Å². The van der Waals surface area contributed by atoms with Crippen molar-refractivity contribution in [3.63, 3.8) is 0 Å². The molecule has 71 heavy (non-hydrogen) atoms. The first-order valence-electron chi connectivity index (χ1n) is 27.3. The molecule has 0 aromatic rings. The molecule has 0 saturated heterocycles. The molecular formula is C65H96O6. The first-order chi connectivity index (χ1) is 35.0. The summed E-state index contributed by atoms with van der Waals surface area (Å²) in [5.41, 5.74) is 0. The molecule has 0 aromatic heterocycles. The third-order valence-corrected chi connectivity index (χ3v) is 10.4. The van der Waals surface area contributed by atoms with Crippen molar-refractivity contribution >= 4 is 17.9 Å². The van der Waals surface area contributed by atoms with Gasteiger partial charge in [-0.1, -0.05) is 222 Å². The van der Waals surface area contributed by atoms with Crippen LogP contribution in [0, 0.1) is 0 Å². The summed E-state index contributed by atoms with van der Waals surface area (Å²) in [5.74, 6) is -1.18. The van der Waals surface area contributed by atoms with Crippen molar-refractivity contribution in [3.8, 4) is 0 Å². The number of hydrogen-bond donors (Lipinski definition) is 0. The molecule has 0 spiro atoms. The van der Waals surface area contributed by atoms with E-state index in [1.807, 2.05) is 6.08 Å². The highest BCUT2D eigenvalue weighted by Gasteiger charge is 2.19.